The fraction of sp³-hybridized carbons (Fsp3) is 0.200. The van der Waals surface area contributed by atoms with Gasteiger partial charge < -0.3 is 9.64 Å². The molecule has 2 N–H and O–H groups in total. The first-order valence-electron chi connectivity index (χ1n) is 9.19. The Hall–Kier alpha value is -2.72. The predicted molar refractivity (Wildman–Crippen MR) is 112 cm³/mol. The molecule has 156 valence electrons. The van der Waals surface area contributed by atoms with Crippen LogP contribution in [0.5, 0.6) is 0 Å². The molecule has 1 amide bonds. The van der Waals surface area contributed by atoms with Gasteiger partial charge in [-0.3, -0.25) is 4.79 Å². The molecule has 1 aliphatic heterocycles. The third kappa shape index (κ3) is 4.24. The van der Waals surface area contributed by atoms with Crippen LogP contribution in [-0.2, 0) is 14.8 Å². The van der Waals surface area contributed by atoms with E-state index in [1.807, 2.05) is 12.1 Å². The fourth-order valence-corrected chi connectivity index (χ4v) is 3.86. The summed E-state index contributed by atoms with van der Waals surface area (Å²) >= 11 is 6.01. The summed E-state index contributed by atoms with van der Waals surface area (Å²) in [5.74, 6) is -0.187. The second-order valence-electron chi connectivity index (χ2n) is 6.78. The van der Waals surface area contributed by atoms with E-state index >= 15 is 0 Å². The molecule has 0 radical (unpaired) electrons. The first kappa shape index (κ1) is 20.5. The van der Waals surface area contributed by atoms with Gasteiger partial charge in [-0.2, -0.15) is 5.10 Å². The van der Waals surface area contributed by atoms with E-state index < -0.39 is 10.0 Å². The molecule has 0 unspecified atom stereocenters. The molecule has 0 bridgehead atoms. The van der Waals surface area contributed by atoms with Gasteiger partial charge in [0.2, 0.25) is 10.0 Å². The maximum absolute atomic E-state index is 12.9. The van der Waals surface area contributed by atoms with Gasteiger partial charge in [-0.05, 0) is 42.5 Å². The summed E-state index contributed by atoms with van der Waals surface area (Å²) < 4.78 is 30.0. The number of halogens is 1. The number of ether oxygens (including phenoxy) is 1. The van der Waals surface area contributed by atoms with E-state index in [2.05, 4.69) is 5.10 Å². The number of aromatic nitrogens is 2. The Labute approximate surface area is 178 Å². The maximum Gasteiger partial charge on any atom is 0.274 e. The second kappa shape index (κ2) is 8.19. The average molecular weight is 447 g/mol. The van der Waals surface area contributed by atoms with E-state index in [1.165, 1.54) is 12.1 Å². The third-order valence-electron chi connectivity index (χ3n) is 4.78. The van der Waals surface area contributed by atoms with Crippen molar-refractivity contribution in [1.82, 2.24) is 14.7 Å². The zero-order valence-electron chi connectivity index (χ0n) is 15.9. The highest BCUT2D eigenvalue weighted by molar-refractivity contribution is 7.89. The van der Waals surface area contributed by atoms with Crippen molar-refractivity contribution in [3.63, 3.8) is 0 Å². The van der Waals surface area contributed by atoms with Crippen LogP contribution in [0.2, 0.25) is 5.02 Å². The van der Waals surface area contributed by atoms with Crippen molar-refractivity contribution in [3.05, 3.63) is 65.3 Å². The lowest BCUT2D eigenvalue weighted by molar-refractivity contribution is 0.0298. The van der Waals surface area contributed by atoms with Gasteiger partial charge in [0.15, 0.2) is 5.69 Å². The molecule has 1 fully saturated rings. The number of primary sulfonamides is 1. The van der Waals surface area contributed by atoms with E-state index in [0.717, 1.165) is 5.56 Å². The Kier molecular flexibility index (Phi) is 5.61. The van der Waals surface area contributed by atoms with E-state index in [0.29, 0.717) is 42.7 Å². The van der Waals surface area contributed by atoms with Crippen LogP contribution in [0.25, 0.3) is 16.9 Å². The van der Waals surface area contributed by atoms with Gasteiger partial charge in [0.25, 0.3) is 5.91 Å². The molecule has 8 nitrogen and oxygen atoms in total. The van der Waals surface area contributed by atoms with E-state index in [9.17, 15) is 13.2 Å². The number of hydrogen-bond acceptors (Lipinski definition) is 5. The van der Waals surface area contributed by atoms with Crippen molar-refractivity contribution in [1.29, 1.82) is 0 Å². The number of hydrogen-bond donors (Lipinski definition) is 1. The first-order chi connectivity index (χ1) is 14.3. The van der Waals surface area contributed by atoms with Gasteiger partial charge in [-0.1, -0.05) is 23.7 Å². The van der Waals surface area contributed by atoms with E-state index in [1.54, 1.807) is 39.9 Å². The Balaban J connectivity index is 1.78. The van der Waals surface area contributed by atoms with Crippen molar-refractivity contribution in [2.75, 3.05) is 26.3 Å². The molecule has 30 heavy (non-hydrogen) atoms. The van der Waals surface area contributed by atoms with Crippen LogP contribution in [0.4, 0.5) is 0 Å². The van der Waals surface area contributed by atoms with Crippen LogP contribution in [0, 0.1) is 0 Å². The lowest BCUT2D eigenvalue weighted by atomic mass is 10.1. The van der Waals surface area contributed by atoms with Gasteiger partial charge >= 0.3 is 0 Å². The second-order valence-corrected chi connectivity index (χ2v) is 8.77. The Morgan fingerprint density at radius 1 is 1.03 bits per heavy atom. The smallest absolute Gasteiger partial charge is 0.274 e. The number of amides is 1. The maximum atomic E-state index is 12.9. The first-order valence-corrected chi connectivity index (χ1v) is 11.1. The van der Waals surface area contributed by atoms with Crippen molar-refractivity contribution >= 4 is 27.5 Å². The SMILES string of the molecule is NS(=O)(=O)c1ccc(-n2nc(C(=O)N3CCOCC3)cc2-c2ccc(Cl)cc2)cc1. The zero-order valence-corrected chi connectivity index (χ0v) is 17.4. The largest absolute Gasteiger partial charge is 0.378 e. The number of carbonyl (C=O) groups excluding carboxylic acids is 1. The Morgan fingerprint density at radius 3 is 2.27 bits per heavy atom. The Morgan fingerprint density at radius 2 is 1.67 bits per heavy atom. The standard InChI is InChI=1S/C20H19ClN4O4S/c21-15-3-1-14(2-4-15)19-13-18(20(26)24-9-11-29-12-10-24)23-25(19)16-5-7-17(8-6-16)30(22,27)28/h1-8,13H,9-12H2,(H2,22,27,28). The summed E-state index contributed by atoms with van der Waals surface area (Å²) in [7, 11) is -3.81. The number of nitrogens with two attached hydrogens (primary N) is 1. The minimum Gasteiger partial charge on any atom is -0.378 e. The Bertz CT molecular complexity index is 1170. The number of rotatable bonds is 4. The molecule has 4 rings (SSSR count). The van der Waals surface area contributed by atoms with Gasteiger partial charge in [-0.25, -0.2) is 18.2 Å². The van der Waals surface area contributed by atoms with Gasteiger partial charge in [0.05, 0.1) is 29.5 Å². The molecule has 0 aliphatic carbocycles. The number of sulfonamides is 1. The van der Waals surface area contributed by atoms with Crippen molar-refractivity contribution in [3.8, 4) is 16.9 Å². The summed E-state index contributed by atoms with van der Waals surface area (Å²) in [4.78, 5) is 14.6. The highest BCUT2D eigenvalue weighted by Crippen LogP contribution is 2.26. The van der Waals surface area contributed by atoms with Gasteiger partial charge in [0, 0.05) is 23.7 Å². The third-order valence-corrected chi connectivity index (χ3v) is 5.96. The highest BCUT2D eigenvalue weighted by atomic mass is 35.5. The normalized spacial score (nSPS) is 14.7. The topological polar surface area (TPSA) is 108 Å². The molecular weight excluding hydrogens is 428 g/mol. The van der Waals surface area contributed by atoms with Crippen LogP contribution in [-0.4, -0.2) is 55.3 Å². The molecular formula is C20H19ClN4O4S. The number of benzene rings is 2. The fourth-order valence-electron chi connectivity index (χ4n) is 3.21. The van der Waals surface area contributed by atoms with Crippen LogP contribution >= 0.6 is 11.6 Å². The van der Waals surface area contributed by atoms with Crippen LogP contribution in [0.1, 0.15) is 10.5 Å². The molecule has 2 heterocycles. The van der Waals surface area contributed by atoms with Gasteiger partial charge in [0.1, 0.15) is 0 Å². The predicted octanol–water partition coefficient (Wildman–Crippen LogP) is 2.31. The number of carbonyl (C=O) groups is 1. The molecule has 1 aliphatic rings. The van der Waals surface area contributed by atoms with Crippen molar-refractivity contribution in [2.24, 2.45) is 5.14 Å². The van der Waals surface area contributed by atoms with Crippen molar-refractivity contribution in [2.45, 2.75) is 4.90 Å². The van der Waals surface area contributed by atoms with Crippen molar-refractivity contribution < 1.29 is 17.9 Å². The summed E-state index contributed by atoms with van der Waals surface area (Å²) in [6.45, 7) is 1.99. The number of morpholine rings is 1. The minimum atomic E-state index is -3.81. The molecule has 3 aromatic rings. The molecule has 10 heteroatoms. The molecule has 0 atom stereocenters. The summed E-state index contributed by atoms with van der Waals surface area (Å²) in [6.07, 6.45) is 0. The molecule has 2 aromatic carbocycles. The minimum absolute atomic E-state index is 0.00364. The molecule has 0 spiro atoms. The van der Waals surface area contributed by atoms with Crippen LogP contribution in [0.3, 0.4) is 0 Å². The van der Waals surface area contributed by atoms with Crippen LogP contribution < -0.4 is 5.14 Å². The monoisotopic (exact) mass is 446 g/mol. The molecule has 1 aromatic heterocycles. The van der Waals surface area contributed by atoms with E-state index in [-0.39, 0.29) is 16.5 Å². The highest BCUT2D eigenvalue weighted by Gasteiger charge is 2.23. The van der Waals surface area contributed by atoms with Crippen LogP contribution in [0.15, 0.2) is 59.5 Å². The van der Waals surface area contributed by atoms with E-state index in [4.69, 9.17) is 21.5 Å². The average Bonchev–Trinajstić information content (AvgIpc) is 3.19. The molecule has 0 saturated carbocycles. The zero-order chi connectivity index (χ0) is 21.3. The lowest BCUT2D eigenvalue weighted by Crippen LogP contribution is -2.40. The quantitative estimate of drug-likeness (QED) is 0.661. The summed E-state index contributed by atoms with van der Waals surface area (Å²) in [5, 5.41) is 10.3. The van der Waals surface area contributed by atoms with Gasteiger partial charge in [-0.15, -0.1) is 0 Å². The summed E-state index contributed by atoms with van der Waals surface area (Å²) in [5.41, 5.74) is 2.36. The summed E-state index contributed by atoms with van der Waals surface area (Å²) in [6, 6.07) is 14.9. The lowest BCUT2D eigenvalue weighted by Gasteiger charge is -2.25. The molecule has 1 saturated heterocycles. The number of nitrogens with zero attached hydrogens (tertiary/aromatic N) is 3.